The molecule has 0 aromatic carbocycles. The van der Waals surface area contributed by atoms with E-state index in [2.05, 4.69) is 5.73 Å². The number of nitrogens with two attached hydrogens (primary N) is 1. The van der Waals surface area contributed by atoms with E-state index in [4.69, 9.17) is 19.8 Å². The van der Waals surface area contributed by atoms with Crippen LogP contribution in [0.2, 0.25) is 0 Å². The molecule has 0 aromatic rings. The van der Waals surface area contributed by atoms with Crippen LogP contribution in [0.15, 0.2) is 0 Å². The van der Waals surface area contributed by atoms with E-state index in [9.17, 15) is 0 Å². The standard InChI is InChI=1S/C2H2O4.CH5N.Fe/c3-1(4)2(5)6;1-2;/h(H,3,4)(H,5,6);2H2,1H3;/q;;+2/p-2. The van der Waals surface area contributed by atoms with Gasteiger partial charge < -0.3 is 25.5 Å². The maximum atomic E-state index is 8.93. The molecular formula is C3H5FeNO4. The number of rotatable bonds is 0. The van der Waals surface area contributed by atoms with Gasteiger partial charge in [0.25, 0.3) is 0 Å². The maximum absolute atomic E-state index is 8.93. The Morgan fingerprint density at radius 1 is 1.11 bits per heavy atom. The molecule has 0 fully saturated rings. The quantitative estimate of drug-likeness (QED) is 0.298. The predicted molar refractivity (Wildman–Crippen MR) is 20.1 cm³/mol. The van der Waals surface area contributed by atoms with Gasteiger partial charge in [0.05, 0.1) is 11.9 Å². The summed E-state index contributed by atoms with van der Waals surface area (Å²) in [6.07, 6.45) is 0. The van der Waals surface area contributed by atoms with Gasteiger partial charge in [-0.2, -0.15) is 0 Å². The van der Waals surface area contributed by atoms with E-state index in [1.54, 1.807) is 0 Å². The van der Waals surface area contributed by atoms with Gasteiger partial charge in [0.2, 0.25) is 0 Å². The minimum atomic E-state index is -2.19. The average molecular weight is 175 g/mol. The first-order valence-corrected chi connectivity index (χ1v) is 1.64. The monoisotopic (exact) mass is 175 g/mol. The van der Waals surface area contributed by atoms with Crippen LogP contribution in [0, 0.1) is 0 Å². The Bertz CT molecular complexity index is 81.8. The molecule has 6 heteroatoms. The molecule has 0 unspecified atom stereocenters. The zero-order valence-electron chi connectivity index (χ0n) is 4.56. The van der Waals surface area contributed by atoms with Crippen molar-refractivity contribution in [3.8, 4) is 0 Å². The Hall–Kier alpha value is -0.581. The zero-order valence-corrected chi connectivity index (χ0v) is 5.67. The fourth-order valence-electron chi connectivity index (χ4n) is 0. The van der Waals surface area contributed by atoms with Gasteiger partial charge in [-0.05, 0) is 7.05 Å². The normalized spacial score (nSPS) is 5.56. The van der Waals surface area contributed by atoms with Crippen LogP contribution in [-0.4, -0.2) is 19.0 Å². The number of hydrogen-bond donors (Lipinski definition) is 1. The van der Waals surface area contributed by atoms with Crippen molar-refractivity contribution in [1.29, 1.82) is 0 Å². The largest absolute Gasteiger partial charge is 2.00 e. The number of aliphatic carboxylic acids is 2. The van der Waals surface area contributed by atoms with Gasteiger partial charge in [-0.3, -0.25) is 0 Å². The molecule has 0 rings (SSSR count). The van der Waals surface area contributed by atoms with Crippen molar-refractivity contribution in [2.24, 2.45) is 5.73 Å². The van der Waals surface area contributed by atoms with Crippen LogP contribution in [0.25, 0.3) is 0 Å². The summed E-state index contributed by atoms with van der Waals surface area (Å²) in [4.78, 5) is 17.9. The Morgan fingerprint density at radius 3 is 1.22 bits per heavy atom. The van der Waals surface area contributed by atoms with E-state index in [0.29, 0.717) is 0 Å². The number of hydrogen-bond acceptors (Lipinski definition) is 5. The van der Waals surface area contributed by atoms with Crippen molar-refractivity contribution in [3.05, 3.63) is 0 Å². The summed E-state index contributed by atoms with van der Waals surface area (Å²) in [7, 11) is 1.50. The molecule has 0 saturated carbocycles. The SMILES string of the molecule is CN.O=C([O-])C(=O)[O-].[Fe+2]. The van der Waals surface area contributed by atoms with E-state index in [-0.39, 0.29) is 17.1 Å². The minimum absolute atomic E-state index is 0. The van der Waals surface area contributed by atoms with E-state index in [1.807, 2.05) is 0 Å². The van der Waals surface area contributed by atoms with E-state index < -0.39 is 11.9 Å². The van der Waals surface area contributed by atoms with Crippen molar-refractivity contribution in [1.82, 2.24) is 0 Å². The van der Waals surface area contributed by atoms with Crippen LogP contribution in [0.1, 0.15) is 0 Å². The summed E-state index contributed by atoms with van der Waals surface area (Å²) < 4.78 is 0. The fraction of sp³-hybridized carbons (Fsp3) is 0.333. The average Bonchev–Trinajstić information content (AvgIpc) is 1.72. The number of carbonyl (C=O) groups excluding carboxylic acids is 2. The summed E-state index contributed by atoms with van der Waals surface area (Å²) >= 11 is 0. The first-order valence-electron chi connectivity index (χ1n) is 1.64. The Labute approximate surface area is 62.3 Å². The van der Waals surface area contributed by atoms with Crippen LogP contribution in [0.3, 0.4) is 0 Å². The second-order valence-electron chi connectivity index (χ2n) is 0.575. The van der Waals surface area contributed by atoms with E-state index in [0.717, 1.165) is 0 Å². The summed E-state index contributed by atoms with van der Waals surface area (Å²) in [6.45, 7) is 0. The van der Waals surface area contributed by atoms with Gasteiger partial charge in [-0.15, -0.1) is 0 Å². The number of carboxylic acid groups (broad SMARTS) is 2. The molecule has 0 aliphatic rings. The fourth-order valence-corrected chi connectivity index (χ4v) is 0. The van der Waals surface area contributed by atoms with Crippen molar-refractivity contribution < 1.29 is 36.9 Å². The van der Waals surface area contributed by atoms with Gasteiger partial charge in [-0.25, -0.2) is 0 Å². The topological polar surface area (TPSA) is 106 Å². The summed E-state index contributed by atoms with van der Waals surface area (Å²) in [5.41, 5.74) is 4.50. The van der Waals surface area contributed by atoms with Crippen LogP contribution < -0.4 is 15.9 Å². The molecule has 0 aromatic heterocycles. The van der Waals surface area contributed by atoms with Gasteiger partial charge in [0, 0.05) is 0 Å². The molecule has 0 saturated heterocycles. The van der Waals surface area contributed by atoms with Crippen molar-refractivity contribution in [3.63, 3.8) is 0 Å². The first-order chi connectivity index (χ1) is 3.64. The summed E-state index contributed by atoms with van der Waals surface area (Å²) in [6, 6.07) is 0. The van der Waals surface area contributed by atoms with E-state index >= 15 is 0 Å². The minimum Gasteiger partial charge on any atom is -0.543 e. The Kier molecular flexibility index (Phi) is 18.3. The third-order valence-electron chi connectivity index (χ3n) is 0.167. The molecule has 9 heavy (non-hydrogen) atoms. The molecule has 5 nitrogen and oxygen atoms in total. The second kappa shape index (κ2) is 10.4. The molecule has 54 valence electrons. The van der Waals surface area contributed by atoms with Gasteiger partial charge in [-0.1, -0.05) is 0 Å². The molecule has 0 aliphatic carbocycles. The molecule has 0 aliphatic heterocycles. The molecule has 0 amide bonds. The summed E-state index contributed by atoms with van der Waals surface area (Å²) in [5, 5.41) is 17.9. The third kappa shape index (κ3) is 18.6. The molecule has 0 radical (unpaired) electrons. The number of carbonyl (C=O) groups is 2. The van der Waals surface area contributed by atoms with Crippen LogP contribution in [0.4, 0.5) is 0 Å². The molecule has 2 N–H and O–H groups in total. The van der Waals surface area contributed by atoms with Crippen molar-refractivity contribution in [2.75, 3.05) is 7.05 Å². The van der Waals surface area contributed by atoms with Gasteiger partial charge in [0.15, 0.2) is 0 Å². The molecular weight excluding hydrogens is 170 g/mol. The zero-order chi connectivity index (χ0) is 7.15. The van der Waals surface area contributed by atoms with Crippen LogP contribution in [-0.2, 0) is 26.7 Å². The number of carboxylic acids is 2. The van der Waals surface area contributed by atoms with Crippen LogP contribution in [0.5, 0.6) is 0 Å². The smallest absolute Gasteiger partial charge is 0.543 e. The molecule has 0 spiro atoms. The van der Waals surface area contributed by atoms with Crippen molar-refractivity contribution >= 4 is 11.9 Å². The predicted octanol–water partition coefficient (Wildman–Crippen LogP) is -3.94. The maximum Gasteiger partial charge on any atom is 2.00 e. The molecule has 0 heterocycles. The third-order valence-corrected chi connectivity index (χ3v) is 0.167. The van der Waals surface area contributed by atoms with Gasteiger partial charge >= 0.3 is 17.1 Å². The molecule has 0 atom stereocenters. The second-order valence-corrected chi connectivity index (χ2v) is 0.575. The Morgan fingerprint density at radius 2 is 1.22 bits per heavy atom. The Balaban J connectivity index is -0.000000109. The van der Waals surface area contributed by atoms with Gasteiger partial charge in [0.1, 0.15) is 0 Å². The first kappa shape index (κ1) is 15.8. The molecule has 0 bridgehead atoms. The summed E-state index contributed by atoms with van der Waals surface area (Å²) in [5.74, 6) is -4.37. The van der Waals surface area contributed by atoms with E-state index in [1.165, 1.54) is 7.05 Å². The van der Waals surface area contributed by atoms with Crippen LogP contribution >= 0.6 is 0 Å². The van der Waals surface area contributed by atoms with Crippen molar-refractivity contribution in [2.45, 2.75) is 0 Å².